The molecule has 0 spiro atoms. The molecule has 0 amide bonds. The summed E-state index contributed by atoms with van der Waals surface area (Å²) in [6, 6.07) is 12.6. The Balaban J connectivity index is 2.06. The van der Waals surface area contributed by atoms with E-state index in [1.807, 2.05) is 24.5 Å². The predicted molar refractivity (Wildman–Crippen MR) is 81.6 cm³/mol. The van der Waals surface area contributed by atoms with Gasteiger partial charge < -0.3 is 0 Å². The van der Waals surface area contributed by atoms with E-state index < -0.39 is 0 Å². The Morgan fingerprint density at radius 2 is 1.15 bits per heavy atom. The topological polar surface area (TPSA) is 25.8 Å². The van der Waals surface area contributed by atoms with E-state index in [-0.39, 0.29) is 5.41 Å². The van der Waals surface area contributed by atoms with E-state index in [0.717, 1.165) is 0 Å². The average molecular weight is 266 g/mol. The first-order chi connectivity index (χ1) is 9.92. The second kappa shape index (κ2) is 6.17. The van der Waals surface area contributed by atoms with Gasteiger partial charge in [-0.15, -0.1) is 0 Å². The van der Waals surface area contributed by atoms with Crippen molar-refractivity contribution in [3.8, 4) is 0 Å². The summed E-state index contributed by atoms with van der Waals surface area (Å²) in [7, 11) is 0. The molecule has 20 heavy (non-hydrogen) atoms. The molecule has 0 radical (unpaired) electrons. The standard InChI is InChI=1S/C18H22N2/c1-2-6-12-18(13-7-3-1,16-10-4-8-14-19-16)17-11-5-9-15-20-17/h4-5,8-11,14-15H,1-3,6-7,12-13H2. The van der Waals surface area contributed by atoms with Gasteiger partial charge in [0.1, 0.15) is 0 Å². The Labute approximate surface area is 121 Å². The van der Waals surface area contributed by atoms with E-state index >= 15 is 0 Å². The smallest absolute Gasteiger partial charge is 0.0547 e. The molecule has 0 aromatic carbocycles. The third kappa shape index (κ3) is 2.60. The van der Waals surface area contributed by atoms with Crippen LogP contribution in [0.2, 0.25) is 0 Å². The van der Waals surface area contributed by atoms with Crippen molar-refractivity contribution in [1.29, 1.82) is 0 Å². The lowest BCUT2D eigenvalue weighted by atomic mass is 9.71. The molecule has 1 saturated carbocycles. The van der Waals surface area contributed by atoms with Crippen LogP contribution in [0.4, 0.5) is 0 Å². The molecule has 2 aromatic heterocycles. The van der Waals surface area contributed by atoms with Gasteiger partial charge in [0.25, 0.3) is 0 Å². The lowest BCUT2D eigenvalue weighted by Gasteiger charge is -2.34. The second-order valence-corrected chi connectivity index (χ2v) is 5.78. The molecule has 0 N–H and O–H groups in total. The van der Waals surface area contributed by atoms with Crippen LogP contribution in [0.25, 0.3) is 0 Å². The minimum atomic E-state index is 0.0168. The van der Waals surface area contributed by atoms with Crippen molar-refractivity contribution in [3.05, 3.63) is 60.2 Å². The molecule has 0 bridgehead atoms. The van der Waals surface area contributed by atoms with Crippen LogP contribution in [0.3, 0.4) is 0 Å². The van der Waals surface area contributed by atoms with Crippen LogP contribution >= 0.6 is 0 Å². The molecule has 2 heterocycles. The molecule has 1 aliphatic carbocycles. The fourth-order valence-corrected chi connectivity index (χ4v) is 3.44. The molecule has 2 nitrogen and oxygen atoms in total. The highest BCUT2D eigenvalue weighted by Crippen LogP contribution is 2.41. The van der Waals surface area contributed by atoms with Gasteiger partial charge in [-0.1, -0.05) is 44.2 Å². The van der Waals surface area contributed by atoms with Crippen LogP contribution in [0, 0.1) is 0 Å². The van der Waals surface area contributed by atoms with Crippen LogP contribution in [-0.4, -0.2) is 9.97 Å². The Morgan fingerprint density at radius 1 is 0.650 bits per heavy atom. The Bertz CT molecular complexity index is 472. The normalized spacial score (nSPS) is 19.0. The van der Waals surface area contributed by atoms with E-state index in [4.69, 9.17) is 0 Å². The molecule has 2 heteroatoms. The summed E-state index contributed by atoms with van der Waals surface area (Å²) in [5.74, 6) is 0. The summed E-state index contributed by atoms with van der Waals surface area (Å²) in [6.07, 6.45) is 12.8. The quantitative estimate of drug-likeness (QED) is 0.799. The molecule has 0 saturated heterocycles. The van der Waals surface area contributed by atoms with Crippen LogP contribution in [0.5, 0.6) is 0 Å². The third-order valence-electron chi connectivity index (χ3n) is 4.52. The first-order valence-electron chi connectivity index (χ1n) is 7.75. The minimum absolute atomic E-state index is 0.0168. The predicted octanol–water partition coefficient (Wildman–Crippen LogP) is 4.51. The van der Waals surface area contributed by atoms with E-state index in [1.165, 1.54) is 56.3 Å². The molecular weight excluding hydrogens is 244 g/mol. The fourth-order valence-electron chi connectivity index (χ4n) is 3.44. The molecule has 0 unspecified atom stereocenters. The Morgan fingerprint density at radius 3 is 1.60 bits per heavy atom. The lowest BCUT2D eigenvalue weighted by Crippen LogP contribution is -2.31. The molecule has 1 fully saturated rings. The van der Waals surface area contributed by atoms with E-state index in [2.05, 4.69) is 34.2 Å². The van der Waals surface area contributed by atoms with Crippen LogP contribution < -0.4 is 0 Å². The van der Waals surface area contributed by atoms with Crippen LogP contribution in [0.1, 0.15) is 56.3 Å². The SMILES string of the molecule is c1ccc(C2(c3ccccn3)CCCCCCC2)nc1. The maximum Gasteiger partial charge on any atom is 0.0547 e. The van der Waals surface area contributed by atoms with Gasteiger partial charge in [-0.05, 0) is 37.1 Å². The largest absolute Gasteiger partial charge is 0.260 e. The van der Waals surface area contributed by atoms with Crippen LogP contribution in [0.15, 0.2) is 48.8 Å². The van der Waals surface area contributed by atoms with Gasteiger partial charge in [0.2, 0.25) is 0 Å². The van der Waals surface area contributed by atoms with Gasteiger partial charge in [0.05, 0.1) is 16.8 Å². The van der Waals surface area contributed by atoms with Crippen molar-refractivity contribution in [3.63, 3.8) is 0 Å². The molecule has 0 atom stereocenters. The van der Waals surface area contributed by atoms with E-state index in [9.17, 15) is 0 Å². The van der Waals surface area contributed by atoms with Crippen molar-refractivity contribution >= 4 is 0 Å². The zero-order valence-corrected chi connectivity index (χ0v) is 12.0. The van der Waals surface area contributed by atoms with Crippen molar-refractivity contribution in [2.24, 2.45) is 0 Å². The van der Waals surface area contributed by atoms with Gasteiger partial charge in [-0.2, -0.15) is 0 Å². The number of hydrogen-bond acceptors (Lipinski definition) is 2. The van der Waals surface area contributed by atoms with Gasteiger partial charge in [-0.25, -0.2) is 0 Å². The lowest BCUT2D eigenvalue weighted by molar-refractivity contribution is 0.352. The zero-order chi connectivity index (χ0) is 13.7. The zero-order valence-electron chi connectivity index (χ0n) is 12.0. The molecule has 3 rings (SSSR count). The highest BCUT2D eigenvalue weighted by molar-refractivity contribution is 5.31. The first-order valence-corrected chi connectivity index (χ1v) is 7.75. The molecule has 2 aromatic rings. The molecule has 1 aliphatic rings. The third-order valence-corrected chi connectivity index (χ3v) is 4.52. The van der Waals surface area contributed by atoms with Gasteiger partial charge in [0, 0.05) is 12.4 Å². The maximum atomic E-state index is 4.68. The van der Waals surface area contributed by atoms with E-state index in [1.54, 1.807) is 0 Å². The summed E-state index contributed by atoms with van der Waals surface area (Å²) < 4.78 is 0. The van der Waals surface area contributed by atoms with Gasteiger partial charge in [-0.3, -0.25) is 9.97 Å². The number of pyridine rings is 2. The van der Waals surface area contributed by atoms with Gasteiger partial charge >= 0.3 is 0 Å². The Kier molecular flexibility index (Phi) is 4.10. The molecular formula is C18H22N2. The second-order valence-electron chi connectivity index (χ2n) is 5.78. The summed E-state index contributed by atoms with van der Waals surface area (Å²) in [4.78, 5) is 9.37. The number of aromatic nitrogens is 2. The van der Waals surface area contributed by atoms with E-state index in [0.29, 0.717) is 0 Å². The average Bonchev–Trinajstić information content (AvgIpc) is 2.49. The maximum absolute atomic E-state index is 4.68. The van der Waals surface area contributed by atoms with Crippen molar-refractivity contribution < 1.29 is 0 Å². The molecule has 104 valence electrons. The van der Waals surface area contributed by atoms with Gasteiger partial charge in [0.15, 0.2) is 0 Å². The van der Waals surface area contributed by atoms with Crippen molar-refractivity contribution in [2.45, 2.75) is 50.4 Å². The fraction of sp³-hybridized carbons (Fsp3) is 0.444. The Hall–Kier alpha value is -1.70. The number of rotatable bonds is 2. The first kappa shape index (κ1) is 13.3. The summed E-state index contributed by atoms with van der Waals surface area (Å²) in [5.41, 5.74) is 2.41. The van der Waals surface area contributed by atoms with Crippen molar-refractivity contribution in [2.75, 3.05) is 0 Å². The highest BCUT2D eigenvalue weighted by atomic mass is 14.8. The summed E-state index contributed by atoms with van der Waals surface area (Å²) in [5, 5.41) is 0. The molecule has 0 aliphatic heterocycles. The number of nitrogens with zero attached hydrogens (tertiary/aromatic N) is 2. The summed E-state index contributed by atoms with van der Waals surface area (Å²) >= 11 is 0. The van der Waals surface area contributed by atoms with Crippen molar-refractivity contribution in [1.82, 2.24) is 9.97 Å². The highest BCUT2D eigenvalue weighted by Gasteiger charge is 2.36. The summed E-state index contributed by atoms with van der Waals surface area (Å²) in [6.45, 7) is 0. The monoisotopic (exact) mass is 266 g/mol. The minimum Gasteiger partial charge on any atom is -0.260 e. The number of hydrogen-bond donors (Lipinski definition) is 0. The van der Waals surface area contributed by atoms with Crippen LogP contribution in [-0.2, 0) is 5.41 Å².